The largest absolute Gasteiger partial charge is 0.504 e. The monoisotopic (exact) mass is 312 g/mol. The SMILES string of the molecule is NOc1cc2c(cc1O)CC1(N=O)COC3=CC(=O)C=CC3=C21. The molecule has 23 heavy (non-hydrogen) atoms. The number of ketones is 1. The summed E-state index contributed by atoms with van der Waals surface area (Å²) in [5, 5.41) is 13.2. The second-order valence-electron chi connectivity index (χ2n) is 5.72. The average molecular weight is 312 g/mol. The molecule has 1 aromatic carbocycles. The molecular formula is C16H12N2O5. The number of hydrogen-bond acceptors (Lipinski definition) is 7. The van der Waals surface area contributed by atoms with E-state index in [1.54, 1.807) is 12.1 Å². The van der Waals surface area contributed by atoms with E-state index < -0.39 is 5.54 Å². The third-order valence-electron chi connectivity index (χ3n) is 4.39. The molecule has 0 radical (unpaired) electrons. The van der Waals surface area contributed by atoms with Gasteiger partial charge in [0.15, 0.2) is 22.8 Å². The van der Waals surface area contributed by atoms with E-state index in [1.165, 1.54) is 18.2 Å². The lowest BCUT2D eigenvalue weighted by molar-refractivity contribution is -0.110. The maximum absolute atomic E-state index is 11.6. The van der Waals surface area contributed by atoms with Crippen molar-refractivity contribution in [3.05, 3.63) is 57.7 Å². The third-order valence-corrected chi connectivity index (χ3v) is 4.39. The van der Waals surface area contributed by atoms with E-state index in [-0.39, 0.29) is 23.9 Å². The highest BCUT2D eigenvalue weighted by atomic mass is 16.6. The maximum atomic E-state index is 11.6. The van der Waals surface area contributed by atoms with E-state index in [2.05, 4.69) is 10.0 Å². The van der Waals surface area contributed by atoms with Gasteiger partial charge in [-0.15, -0.1) is 4.91 Å². The standard InChI is InChI=1S/C16H12N2O5/c17-23-14-5-11-8(3-12(14)20)6-16(18-21)7-22-13-4-9(19)1-2-10(13)15(11)16/h1-5,20H,6-7,17H2. The van der Waals surface area contributed by atoms with Crippen molar-refractivity contribution in [3.8, 4) is 11.5 Å². The van der Waals surface area contributed by atoms with E-state index in [0.717, 1.165) is 5.56 Å². The number of fused-ring (bicyclic) bond motifs is 4. The molecule has 1 aliphatic heterocycles. The Hall–Kier alpha value is -2.93. The Morgan fingerprint density at radius 1 is 1.35 bits per heavy atom. The number of aromatic hydroxyl groups is 1. The van der Waals surface area contributed by atoms with Crippen LogP contribution in [0.4, 0.5) is 0 Å². The lowest BCUT2D eigenvalue weighted by atomic mass is 9.84. The molecule has 2 aliphatic carbocycles. The number of phenolic OH excluding ortho intramolecular Hbond substituents is 1. The number of ether oxygens (including phenoxy) is 1. The Kier molecular flexibility index (Phi) is 2.70. The fourth-order valence-corrected chi connectivity index (χ4v) is 3.39. The summed E-state index contributed by atoms with van der Waals surface area (Å²) >= 11 is 0. The Bertz CT molecular complexity index is 852. The molecule has 1 heterocycles. The van der Waals surface area contributed by atoms with Crippen LogP contribution in [0.1, 0.15) is 11.1 Å². The molecule has 0 spiro atoms. The van der Waals surface area contributed by atoms with Crippen molar-refractivity contribution in [2.24, 2.45) is 11.1 Å². The highest BCUT2D eigenvalue weighted by molar-refractivity contribution is 6.04. The van der Waals surface area contributed by atoms with Crippen LogP contribution in [-0.2, 0) is 16.0 Å². The smallest absolute Gasteiger partial charge is 0.189 e. The average Bonchev–Trinajstić information content (AvgIpc) is 2.87. The van der Waals surface area contributed by atoms with Gasteiger partial charge < -0.3 is 14.7 Å². The van der Waals surface area contributed by atoms with Crippen LogP contribution in [0.25, 0.3) is 5.57 Å². The first kappa shape index (κ1) is 13.7. The fourth-order valence-electron chi connectivity index (χ4n) is 3.39. The second-order valence-corrected chi connectivity index (χ2v) is 5.72. The van der Waals surface area contributed by atoms with Gasteiger partial charge in [-0.05, 0) is 35.4 Å². The van der Waals surface area contributed by atoms with Crippen LogP contribution in [0.15, 0.2) is 46.9 Å². The van der Waals surface area contributed by atoms with Gasteiger partial charge in [0.2, 0.25) is 0 Å². The summed E-state index contributed by atoms with van der Waals surface area (Å²) in [5.74, 6) is 5.41. The first-order valence-electron chi connectivity index (χ1n) is 6.97. The Morgan fingerprint density at radius 2 is 2.17 bits per heavy atom. The summed E-state index contributed by atoms with van der Waals surface area (Å²) in [6.45, 7) is 0.0382. The maximum Gasteiger partial charge on any atom is 0.189 e. The lowest BCUT2D eigenvalue weighted by Crippen LogP contribution is -2.36. The Labute approximate surface area is 130 Å². The second kappa shape index (κ2) is 4.53. The van der Waals surface area contributed by atoms with Crippen LogP contribution in [0, 0.1) is 4.91 Å². The third kappa shape index (κ3) is 1.77. The number of nitrogens with zero attached hydrogens (tertiary/aromatic N) is 1. The number of hydrogen-bond donors (Lipinski definition) is 2. The molecule has 0 bridgehead atoms. The minimum Gasteiger partial charge on any atom is -0.504 e. The number of benzene rings is 1. The number of nitrogens with two attached hydrogens (primary N) is 1. The van der Waals surface area contributed by atoms with E-state index >= 15 is 0 Å². The summed E-state index contributed by atoms with van der Waals surface area (Å²) in [6, 6.07) is 3.09. The van der Waals surface area contributed by atoms with Crippen molar-refractivity contribution >= 4 is 11.4 Å². The van der Waals surface area contributed by atoms with E-state index in [1.807, 2.05) is 0 Å². The van der Waals surface area contributed by atoms with Crippen molar-refractivity contribution in [2.45, 2.75) is 12.0 Å². The minimum atomic E-state index is -1.08. The highest BCUT2D eigenvalue weighted by Gasteiger charge is 2.50. The van der Waals surface area contributed by atoms with E-state index in [4.69, 9.17) is 10.6 Å². The Balaban J connectivity index is 2.02. The molecule has 0 saturated heterocycles. The number of phenols is 1. The molecule has 0 aromatic heterocycles. The Morgan fingerprint density at radius 3 is 2.91 bits per heavy atom. The summed E-state index contributed by atoms with van der Waals surface area (Å²) in [4.78, 5) is 27.8. The molecule has 4 rings (SSSR count). The highest BCUT2D eigenvalue weighted by Crippen LogP contribution is 2.52. The van der Waals surface area contributed by atoms with E-state index in [0.29, 0.717) is 28.9 Å². The molecule has 0 amide bonds. The van der Waals surface area contributed by atoms with E-state index in [9.17, 15) is 14.8 Å². The van der Waals surface area contributed by atoms with Crippen molar-refractivity contribution in [2.75, 3.05) is 6.61 Å². The van der Waals surface area contributed by atoms with Gasteiger partial charge in [-0.1, -0.05) is 5.18 Å². The summed E-state index contributed by atoms with van der Waals surface area (Å²) in [5.41, 5.74) is 1.69. The predicted octanol–water partition coefficient (Wildman–Crippen LogP) is 1.51. The topological polar surface area (TPSA) is 111 Å². The first-order chi connectivity index (χ1) is 11.1. The van der Waals surface area contributed by atoms with Gasteiger partial charge >= 0.3 is 0 Å². The van der Waals surface area contributed by atoms with Crippen molar-refractivity contribution in [1.29, 1.82) is 0 Å². The van der Waals surface area contributed by atoms with Crippen molar-refractivity contribution in [1.82, 2.24) is 0 Å². The molecule has 3 N–H and O–H groups in total. The zero-order chi connectivity index (χ0) is 16.2. The molecular weight excluding hydrogens is 300 g/mol. The minimum absolute atomic E-state index is 0.0382. The normalized spacial score (nSPS) is 24.4. The number of carbonyl (C=O) groups is 1. The summed E-state index contributed by atoms with van der Waals surface area (Å²) in [6.07, 6.45) is 4.72. The van der Waals surface area contributed by atoms with Gasteiger partial charge in [-0.3, -0.25) is 4.79 Å². The van der Waals surface area contributed by atoms with Gasteiger partial charge in [0.05, 0.1) is 0 Å². The quantitative estimate of drug-likeness (QED) is 0.632. The van der Waals surface area contributed by atoms with Gasteiger partial charge in [0.25, 0.3) is 0 Å². The molecule has 116 valence electrons. The lowest BCUT2D eigenvalue weighted by Gasteiger charge is -2.32. The van der Waals surface area contributed by atoms with Crippen LogP contribution < -0.4 is 10.7 Å². The molecule has 1 aromatic rings. The van der Waals surface area contributed by atoms with Crippen LogP contribution in [0.3, 0.4) is 0 Å². The van der Waals surface area contributed by atoms with Gasteiger partial charge in [0.1, 0.15) is 12.4 Å². The van der Waals surface area contributed by atoms with Gasteiger partial charge in [0, 0.05) is 23.6 Å². The van der Waals surface area contributed by atoms with Crippen molar-refractivity contribution < 1.29 is 19.5 Å². The van der Waals surface area contributed by atoms with Crippen molar-refractivity contribution in [3.63, 3.8) is 0 Å². The van der Waals surface area contributed by atoms with Gasteiger partial charge in [-0.2, -0.15) is 5.90 Å². The van der Waals surface area contributed by atoms with Crippen LogP contribution in [0.5, 0.6) is 11.5 Å². The number of carbonyl (C=O) groups excluding carboxylic acids is 1. The number of rotatable bonds is 2. The molecule has 3 aliphatic rings. The predicted molar refractivity (Wildman–Crippen MR) is 80.3 cm³/mol. The van der Waals surface area contributed by atoms with Crippen LogP contribution in [-0.4, -0.2) is 23.0 Å². The van der Waals surface area contributed by atoms with Crippen LogP contribution >= 0.6 is 0 Å². The fraction of sp³-hybridized carbons (Fsp3) is 0.188. The zero-order valence-corrected chi connectivity index (χ0v) is 11.9. The molecule has 7 heteroatoms. The number of allylic oxidation sites excluding steroid dienone is 3. The molecule has 7 nitrogen and oxygen atoms in total. The molecule has 1 atom stereocenters. The molecule has 0 fully saturated rings. The first-order valence-corrected chi connectivity index (χ1v) is 6.97. The molecule has 1 unspecified atom stereocenters. The number of nitroso groups, excluding NO2 is 1. The molecule has 0 saturated carbocycles. The van der Waals surface area contributed by atoms with Crippen LogP contribution in [0.2, 0.25) is 0 Å². The summed E-state index contributed by atoms with van der Waals surface area (Å²) in [7, 11) is 0. The van der Waals surface area contributed by atoms with Gasteiger partial charge in [-0.25, -0.2) is 0 Å². The summed E-state index contributed by atoms with van der Waals surface area (Å²) < 4.78 is 5.60. The zero-order valence-electron chi connectivity index (χ0n) is 11.9.